The third-order valence-electron chi connectivity index (χ3n) is 11.5. The molecule has 59 heavy (non-hydrogen) atoms. The number of hydrogen-bond donors (Lipinski definition) is 5. The fraction of sp³-hybridized carbons (Fsp3) is 0.683. The Kier molecular flexibility index (Phi) is 16.7. The van der Waals surface area contributed by atoms with Crippen LogP contribution in [0.2, 0.25) is 0 Å². The van der Waals surface area contributed by atoms with Crippen LogP contribution in [-0.2, 0) is 33.4 Å². The summed E-state index contributed by atoms with van der Waals surface area (Å²) in [5.41, 5.74) is 1.36. The smallest absolute Gasteiger partial charge is 0.250 e. The highest BCUT2D eigenvalue weighted by Crippen LogP contribution is 2.43. The number of carbonyl (C=O) groups excluding carboxylic acids is 5. The van der Waals surface area contributed by atoms with Crippen LogP contribution < -0.4 is 26.6 Å². The van der Waals surface area contributed by atoms with Crippen molar-refractivity contribution in [3.05, 3.63) is 41.5 Å². The summed E-state index contributed by atoms with van der Waals surface area (Å²) in [6.07, 6.45) is 5.05. The standard InChI is InChI=1S/C41H61F2N9O7/c1-26(2)39-50-49-27(3)52(39)33-20-31-10-11-32(21-33)51(31)19-14-34(48-40(57)29-12-15-41(42,43)16-13-29)28-6-8-30(9-7-28)47-38(56)25-59-24-37(55)46-18-5-17-45-36(54)23-58-22-35(53)44-4/h6-9,26,29,31-34H,5,10-25H2,1-4H3,(H,44,53)(H,45,54)(H,46,55)(H,47,56)(H,48,57)/t31?,32?,33?,34-/m0/s1. The molecule has 5 N–H and O–H groups in total. The molecule has 3 heterocycles. The Labute approximate surface area is 344 Å². The second-order valence-corrected chi connectivity index (χ2v) is 16.2. The van der Waals surface area contributed by atoms with E-state index in [2.05, 4.69) is 60.1 Å². The van der Waals surface area contributed by atoms with Crippen LogP contribution in [0.25, 0.3) is 0 Å². The largest absolute Gasteiger partial charge is 0.362 e. The van der Waals surface area contributed by atoms with Gasteiger partial charge >= 0.3 is 0 Å². The van der Waals surface area contributed by atoms with Crippen molar-refractivity contribution >= 4 is 35.2 Å². The molecule has 3 fully saturated rings. The third-order valence-corrected chi connectivity index (χ3v) is 11.5. The first-order valence-electron chi connectivity index (χ1n) is 20.9. The zero-order chi connectivity index (χ0) is 42.5. The first-order valence-corrected chi connectivity index (χ1v) is 20.9. The van der Waals surface area contributed by atoms with E-state index >= 15 is 0 Å². The number of amides is 5. The molecule has 2 bridgehead atoms. The van der Waals surface area contributed by atoms with E-state index in [-0.39, 0.29) is 88.3 Å². The van der Waals surface area contributed by atoms with Crippen LogP contribution in [0.5, 0.6) is 0 Å². The number of piperidine rings is 1. The molecule has 0 radical (unpaired) electrons. The fourth-order valence-corrected chi connectivity index (χ4v) is 8.43. The number of likely N-dealkylation sites (N-methyl/N-ethyl adjacent to an activating group) is 1. The van der Waals surface area contributed by atoms with E-state index in [1.165, 1.54) is 7.05 Å². The summed E-state index contributed by atoms with van der Waals surface area (Å²) in [5, 5.41) is 22.5. The quantitative estimate of drug-likeness (QED) is 0.117. The van der Waals surface area contributed by atoms with E-state index in [9.17, 15) is 32.8 Å². The minimum Gasteiger partial charge on any atom is -0.362 e. The number of halogens is 2. The molecule has 1 aromatic heterocycles. The predicted octanol–water partition coefficient (Wildman–Crippen LogP) is 3.29. The SMILES string of the molecule is CNC(=O)COCC(=O)NCCCNC(=O)COCC(=O)Nc1ccc([C@H](CCN2C3CCC2CC(n2c(C)nnc2C(C)C)C3)NC(=O)C2CCC(F)(F)CC2)cc1. The van der Waals surface area contributed by atoms with Gasteiger partial charge in [-0.2, -0.15) is 0 Å². The van der Waals surface area contributed by atoms with Crippen molar-refractivity contribution in [2.45, 2.75) is 121 Å². The Morgan fingerprint density at radius 1 is 0.814 bits per heavy atom. The summed E-state index contributed by atoms with van der Waals surface area (Å²) in [7, 11) is 1.47. The maximum atomic E-state index is 13.9. The monoisotopic (exact) mass is 829 g/mol. The molecule has 5 rings (SSSR count). The highest BCUT2D eigenvalue weighted by Gasteiger charge is 2.43. The van der Waals surface area contributed by atoms with Crippen molar-refractivity contribution in [2.75, 3.05) is 58.4 Å². The van der Waals surface area contributed by atoms with Crippen molar-refractivity contribution < 1.29 is 42.2 Å². The van der Waals surface area contributed by atoms with Crippen molar-refractivity contribution in [3.8, 4) is 0 Å². The zero-order valence-electron chi connectivity index (χ0n) is 34.7. The van der Waals surface area contributed by atoms with E-state index in [4.69, 9.17) is 9.47 Å². The van der Waals surface area contributed by atoms with Crippen molar-refractivity contribution in [2.24, 2.45) is 5.92 Å². The highest BCUT2D eigenvalue weighted by molar-refractivity contribution is 5.92. The van der Waals surface area contributed by atoms with Crippen LogP contribution in [0.15, 0.2) is 24.3 Å². The van der Waals surface area contributed by atoms with Gasteiger partial charge in [0.1, 0.15) is 38.1 Å². The molecule has 1 aromatic carbocycles. The normalized spacial score (nSPS) is 20.8. The van der Waals surface area contributed by atoms with Gasteiger partial charge in [-0.3, -0.25) is 28.9 Å². The Hall–Kier alpha value is -4.55. The Balaban J connectivity index is 1.08. The van der Waals surface area contributed by atoms with E-state index in [1.54, 1.807) is 12.1 Å². The highest BCUT2D eigenvalue weighted by atomic mass is 19.3. The van der Waals surface area contributed by atoms with E-state index in [0.717, 1.165) is 49.4 Å². The summed E-state index contributed by atoms with van der Waals surface area (Å²) in [5.74, 6) is -2.73. The molecular weight excluding hydrogens is 769 g/mol. The lowest BCUT2D eigenvalue weighted by Gasteiger charge is -2.40. The maximum Gasteiger partial charge on any atom is 0.250 e. The number of rotatable bonds is 21. The average molecular weight is 830 g/mol. The minimum absolute atomic E-state index is 0.151. The van der Waals surface area contributed by atoms with Crippen molar-refractivity contribution in [3.63, 3.8) is 0 Å². The van der Waals surface area contributed by atoms with Crippen molar-refractivity contribution in [1.82, 2.24) is 40.9 Å². The summed E-state index contributed by atoms with van der Waals surface area (Å²) >= 11 is 0. The molecule has 18 heteroatoms. The lowest BCUT2D eigenvalue weighted by molar-refractivity contribution is -0.131. The van der Waals surface area contributed by atoms with E-state index in [0.29, 0.717) is 43.2 Å². The number of alkyl halides is 2. The topological polar surface area (TPSA) is 198 Å². The molecule has 2 aliphatic heterocycles. The first-order chi connectivity index (χ1) is 28.2. The molecule has 326 valence electrons. The zero-order valence-corrected chi connectivity index (χ0v) is 34.7. The Morgan fingerprint density at radius 2 is 1.39 bits per heavy atom. The lowest BCUT2D eigenvalue weighted by Crippen LogP contribution is -2.45. The van der Waals surface area contributed by atoms with Gasteiger partial charge < -0.3 is 40.6 Å². The van der Waals surface area contributed by atoms with Gasteiger partial charge in [0.25, 0.3) is 0 Å². The number of aryl methyl sites for hydroxylation is 1. The number of aromatic nitrogens is 3. The molecule has 1 saturated carbocycles. The molecule has 16 nitrogen and oxygen atoms in total. The van der Waals surface area contributed by atoms with Crippen LogP contribution in [0.3, 0.4) is 0 Å². The van der Waals surface area contributed by atoms with Gasteiger partial charge in [-0.25, -0.2) is 8.78 Å². The van der Waals surface area contributed by atoms with Gasteiger partial charge in [0.2, 0.25) is 35.5 Å². The van der Waals surface area contributed by atoms with Gasteiger partial charge in [-0.15, -0.1) is 10.2 Å². The first kappa shape index (κ1) is 45.5. The van der Waals surface area contributed by atoms with E-state index in [1.807, 2.05) is 19.1 Å². The summed E-state index contributed by atoms with van der Waals surface area (Å²) in [4.78, 5) is 63.7. The minimum atomic E-state index is -2.73. The van der Waals surface area contributed by atoms with Crippen LogP contribution in [0, 0.1) is 12.8 Å². The molecule has 2 unspecified atom stereocenters. The molecule has 1 aliphatic carbocycles. The second kappa shape index (κ2) is 21.6. The number of nitrogens with one attached hydrogen (secondary N) is 5. The number of hydrogen-bond acceptors (Lipinski definition) is 10. The van der Waals surface area contributed by atoms with Crippen LogP contribution in [0.4, 0.5) is 14.5 Å². The third kappa shape index (κ3) is 13.5. The van der Waals surface area contributed by atoms with E-state index < -0.39 is 23.7 Å². The molecule has 0 spiro atoms. The summed E-state index contributed by atoms with van der Waals surface area (Å²) in [6, 6.07) is 7.99. The molecule has 3 atom stereocenters. The van der Waals surface area contributed by atoms with Crippen LogP contribution >= 0.6 is 0 Å². The molecule has 3 aliphatic rings. The molecule has 2 saturated heterocycles. The number of nitrogens with zero attached hydrogens (tertiary/aromatic N) is 4. The Bertz CT molecular complexity index is 1720. The molecule has 5 amide bonds. The molecular formula is C41H61F2N9O7. The van der Waals surface area contributed by atoms with Crippen LogP contribution in [-0.4, -0.2) is 120 Å². The van der Waals surface area contributed by atoms with Gasteiger partial charge in [-0.1, -0.05) is 26.0 Å². The summed E-state index contributed by atoms with van der Waals surface area (Å²) < 4.78 is 40.4. The molecule has 2 aromatic rings. The van der Waals surface area contributed by atoms with Gasteiger partial charge in [0.15, 0.2) is 0 Å². The van der Waals surface area contributed by atoms with Gasteiger partial charge in [-0.05, 0) is 76.0 Å². The summed E-state index contributed by atoms with van der Waals surface area (Å²) in [6.45, 7) is 6.51. The van der Waals surface area contributed by atoms with Gasteiger partial charge in [0, 0.05) is 75.2 Å². The average Bonchev–Trinajstić information content (AvgIpc) is 3.70. The second-order valence-electron chi connectivity index (χ2n) is 16.2. The van der Waals surface area contributed by atoms with Crippen LogP contribution in [0.1, 0.15) is 113 Å². The number of carbonyl (C=O) groups is 5. The maximum absolute atomic E-state index is 13.9. The number of fused-ring (bicyclic) bond motifs is 2. The number of ether oxygens (including phenoxy) is 2. The number of anilines is 1. The van der Waals surface area contributed by atoms with Gasteiger partial charge in [0.05, 0.1) is 6.04 Å². The lowest BCUT2D eigenvalue weighted by atomic mass is 9.86. The fourth-order valence-electron chi connectivity index (χ4n) is 8.43. The Morgan fingerprint density at radius 3 is 1.97 bits per heavy atom. The predicted molar refractivity (Wildman–Crippen MR) is 214 cm³/mol. The van der Waals surface area contributed by atoms with Crippen molar-refractivity contribution in [1.29, 1.82) is 0 Å². The number of benzene rings is 1.